The van der Waals surface area contributed by atoms with Crippen LogP contribution in [0.15, 0.2) is 28.1 Å². The van der Waals surface area contributed by atoms with Crippen molar-refractivity contribution < 1.29 is 38.0 Å². The Morgan fingerprint density at radius 2 is 2.19 bits per heavy atom. The number of amides is 3. The summed E-state index contributed by atoms with van der Waals surface area (Å²) in [6.45, 7) is 0.133. The molecule has 1 aromatic rings. The quantitative estimate of drug-likeness (QED) is 0.124. The maximum Gasteiger partial charge on any atom is 0.352 e. The van der Waals surface area contributed by atoms with Gasteiger partial charge in [-0.25, -0.2) is 9.18 Å². The van der Waals surface area contributed by atoms with Crippen LogP contribution in [-0.4, -0.2) is 104 Å². The number of oxime groups is 1. The van der Waals surface area contributed by atoms with Crippen LogP contribution < -0.4 is 16.8 Å². The van der Waals surface area contributed by atoms with E-state index in [-0.39, 0.29) is 16.7 Å². The number of quaternary nitrogens is 1. The number of halogens is 1. The second kappa shape index (κ2) is 10.4. The summed E-state index contributed by atoms with van der Waals surface area (Å²) in [5, 5.41) is 15.2. The van der Waals surface area contributed by atoms with Gasteiger partial charge in [-0.2, -0.15) is 9.36 Å². The maximum absolute atomic E-state index is 13.0. The van der Waals surface area contributed by atoms with E-state index >= 15 is 0 Å². The molecule has 198 valence electrons. The van der Waals surface area contributed by atoms with E-state index in [4.69, 9.17) is 11.5 Å². The molecule has 0 aromatic carbocycles. The molecule has 6 N–H and O–H groups in total. The van der Waals surface area contributed by atoms with Crippen molar-refractivity contribution in [2.75, 3.05) is 45.0 Å². The third-order valence-electron chi connectivity index (χ3n) is 6.20. The van der Waals surface area contributed by atoms with E-state index in [1.54, 1.807) is 6.08 Å². The van der Waals surface area contributed by atoms with Crippen LogP contribution in [-0.2, 0) is 24.0 Å². The van der Waals surface area contributed by atoms with E-state index in [1.807, 2.05) is 7.05 Å². The number of aromatic nitrogens is 2. The van der Waals surface area contributed by atoms with E-state index in [1.165, 1.54) is 11.8 Å². The van der Waals surface area contributed by atoms with Crippen molar-refractivity contribution in [1.29, 1.82) is 0 Å². The third-order valence-corrected chi connectivity index (χ3v) is 8.08. The van der Waals surface area contributed by atoms with Crippen LogP contribution in [0.2, 0.25) is 0 Å². The summed E-state index contributed by atoms with van der Waals surface area (Å²) in [6, 6.07) is -1.05. The van der Waals surface area contributed by atoms with Gasteiger partial charge in [-0.3, -0.25) is 19.3 Å². The van der Waals surface area contributed by atoms with E-state index in [0.717, 1.165) is 16.4 Å². The van der Waals surface area contributed by atoms with Crippen LogP contribution in [0.1, 0.15) is 12.2 Å². The number of β-lactam (4-membered cyclic amide) rings is 1. The number of rotatable bonds is 9. The minimum absolute atomic E-state index is 0.0413. The highest BCUT2D eigenvalue weighted by molar-refractivity contribution is 8.00. The number of likely N-dealkylation sites (N-methyl/N-ethyl adjacent to an activating group) is 1. The zero-order valence-corrected chi connectivity index (χ0v) is 21.2. The Bertz CT molecular complexity index is 1250. The van der Waals surface area contributed by atoms with Gasteiger partial charge in [0, 0.05) is 34.9 Å². The van der Waals surface area contributed by atoms with Crippen LogP contribution in [0.4, 0.5) is 9.52 Å². The van der Waals surface area contributed by atoms with Crippen molar-refractivity contribution in [3.63, 3.8) is 0 Å². The average molecular weight is 556 g/mol. The molecule has 3 atom stereocenters. The van der Waals surface area contributed by atoms with Crippen molar-refractivity contribution >= 4 is 57.8 Å². The molecule has 3 amide bonds. The number of thioether (sulfide) groups is 1. The Labute approximate surface area is 217 Å². The number of fused-ring (bicyclic) bond motifs is 1. The Balaban J connectivity index is 1.51. The Hall–Kier alpha value is -3.57. The van der Waals surface area contributed by atoms with Crippen molar-refractivity contribution in [2.24, 2.45) is 10.9 Å². The van der Waals surface area contributed by atoms with E-state index < -0.39 is 47.7 Å². The molecule has 0 bridgehead atoms. The largest absolute Gasteiger partial charge is 0.477 e. The highest BCUT2D eigenvalue weighted by atomic mass is 32.2. The second-order valence-corrected chi connectivity index (χ2v) is 10.7. The lowest BCUT2D eigenvalue weighted by Gasteiger charge is -2.50. The number of nitrogens with two attached hydrogens (primary N) is 2. The Kier molecular flexibility index (Phi) is 7.47. The van der Waals surface area contributed by atoms with Crippen LogP contribution in [0.3, 0.4) is 0 Å². The van der Waals surface area contributed by atoms with Crippen molar-refractivity contribution in [1.82, 2.24) is 19.6 Å². The van der Waals surface area contributed by atoms with Crippen LogP contribution in [0.5, 0.6) is 0 Å². The third kappa shape index (κ3) is 5.28. The SMILES string of the molecule is C[N+]1(CC2=C(C(=O)O)N3C(=O)[C@@H](NC(=O)/C(=N\OCF)c4nsc(N)n4)[C@H]3SC2)CC=C(C(N)=O)CC1. The average Bonchev–Trinajstić information content (AvgIpc) is 3.28. The summed E-state index contributed by atoms with van der Waals surface area (Å²) in [5.74, 6) is -3.12. The molecular formula is C20H24FN8O6S2+. The van der Waals surface area contributed by atoms with Crippen molar-refractivity contribution in [2.45, 2.75) is 17.8 Å². The first-order chi connectivity index (χ1) is 17.5. The van der Waals surface area contributed by atoms with Crippen LogP contribution in [0, 0.1) is 0 Å². The molecule has 37 heavy (non-hydrogen) atoms. The predicted octanol–water partition coefficient (Wildman–Crippen LogP) is -1.23. The number of carbonyl (C=O) groups excluding carboxylic acids is 3. The minimum atomic E-state index is -1.31. The van der Waals surface area contributed by atoms with Crippen LogP contribution >= 0.6 is 23.3 Å². The summed E-state index contributed by atoms with van der Waals surface area (Å²) in [6.07, 6.45) is 2.24. The van der Waals surface area contributed by atoms with Gasteiger partial charge in [0.15, 0.2) is 5.13 Å². The van der Waals surface area contributed by atoms with Gasteiger partial charge < -0.3 is 31.2 Å². The number of carbonyl (C=O) groups is 4. The molecule has 1 unspecified atom stereocenters. The molecule has 0 aliphatic carbocycles. The van der Waals surface area contributed by atoms with E-state index in [9.17, 15) is 28.7 Å². The number of primary amides is 1. The maximum atomic E-state index is 13.0. The number of carboxylic acid groups (broad SMARTS) is 1. The molecule has 4 rings (SSSR count). The smallest absolute Gasteiger partial charge is 0.352 e. The fourth-order valence-electron chi connectivity index (χ4n) is 4.36. The molecule has 0 saturated carbocycles. The lowest BCUT2D eigenvalue weighted by atomic mass is 10.0. The molecule has 17 heteroatoms. The Morgan fingerprint density at radius 1 is 1.43 bits per heavy atom. The van der Waals surface area contributed by atoms with Gasteiger partial charge in [0.25, 0.3) is 18.7 Å². The first-order valence-electron chi connectivity index (χ1n) is 10.9. The van der Waals surface area contributed by atoms with Gasteiger partial charge in [-0.15, -0.1) is 11.8 Å². The van der Waals surface area contributed by atoms with Gasteiger partial charge in [0.1, 0.15) is 23.7 Å². The molecule has 1 aromatic heterocycles. The molecule has 1 fully saturated rings. The number of hydrogen-bond donors (Lipinski definition) is 4. The topological polar surface area (TPSA) is 203 Å². The summed E-state index contributed by atoms with van der Waals surface area (Å²) in [5.41, 5.74) is 11.4. The molecular weight excluding hydrogens is 531 g/mol. The molecule has 0 spiro atoms. The lowest BCUT2D eigenvalue weighted by molar-refractivity contribution is -0.900. The molecule has 4 heterocycles. The number of carboxylic acids is 1. The number of aliphatic carboxylic acids is 1. The second-order valence-electron chi connectivity index (χ2n) is 8.78. The fourth-order valence-corrected chi connectivity index (χ4v) is 6.13. The van der Waals surface area contributed by atoms with E-state index in [0.29, 0.717) is 47.4 Å². The van der Waals surface area contributed by atoms with E-state index in [2.05, 4.69) is 24.7 Å². The fraction of sp³-hybridized carbons (Fsp3) is 0.450. The lowest BCUT2D eigenvalue weighted by Crippen LogP contribution is -2.71. The first-order valence-corrected chi connectivity index (χ1v) is 12.8. The summed E-state index contributed by atoms with van der Waals surface area (Å²) >= 11 is 2.10. The highest BCUT2D eigenvalue weighted by Gasteiger charge is 2.55. The molecule has 14 nitrogen and oxygen atoms in total. The molecule has 1 saturated heterocycles. The van der Waals surface area contributed by atoms with Gasteiger partial charge in [-0.05, 0) is 6.08 Å². The number of nitrogen functional groups attached to an aromatic ring is 1. The van der Waals surface area contributed by atoms with Gasteiger partial charge in [0.2, 0.25) is 17.4 Å². The number of nitrogens with zero attached hydrogens (tertiary/aromatic N) is 5. The van der Waals surface area contributed by atoms with Crippen LogP contribution in [0.25, 0.3) is 0 Å². The predicted molar refractivity (Wildman–Crippen MR) is 130 cm³/mol. The monoisotopic (exact) mass is 555 g/mol. The molecule has 3 aliphatic rings. The summed E-state index contributed by atoms with van der Waals surface area (Å²) < 4.78 is 16.8. The summed E-state index contributed by atoms with van der Waals surface area (Å²) in [4.78, 5) is 58.8. The van der Waals surface area contributed by atoms with Gasteiger partial charge >= 0.3 is 5.97 Å². The van der Waals surface area contributed by atoms with Gasteiger partial charge in [0.05, 0.1) is 20.1 Å². The number of hydrogen-bond acceptors (Lipinski definition) is 11. The zero-order valence-electron chi connectivity index (χ0n) is 19.5. The first kappa shape index (κ1) is 26.5. The highest BCUT2D eigenvalue weighted by Crippen LogP contribution is 2.41. The standard InChI is InChI=1S/C20H23FN8O6S2/c1-29(4-2-9(3-5-29)14(22)30)6-10-7-36-18-12(17(32)28(18)13(10)19(33)34)24-16(31)11(26-35-8-21)15-25-20(23)37-27-15/h2,12,18H,3-8H2,1H3,(H5-,22,23,24,25,27,30,31,33,34)/p+1/b26-11-/t12-,18-,29?/m1/s1. The number of anilines is 1. The van der Waals surface area contributed by atoms with Crippen molar-refractivity contribution in [3.05, 3.63) is 28.7 Å². The molecule has 0 radical (unpaired) electrons. The normalized spacial score (nSPS) is 25.7. The van der Waals surface area contributed by atoms with Crippen molar-refractivity contribution in [3.8, 4) is 0 Å². The summed E-state index contributed by atoms with van der Waals surface area (Å²) in [7, 11) is 1.94. The van der Waals surface area contributed by atoms with Gasteiger partial charge in [-0.1, -0.05) is 5.16 Å². The number of alkyl halides is 1. The number of nitrogens with one attached hydrogen (secondary N) is 1. The zero-order chi connectivity index (χ0) is 26.9. The Morgan fingerprint density at radius 3 is 2.76 bits per heavy atom. The molecule has 3 aliphatic heterocycles. The minimum Gasteiger partial charge on any atom is -0.477 e.